The summed E-state index contributed by atoms with van der Waals surface area (Å²) in [7, 11) is 0. The van der Waals surface area contributed by atoms with E-state index >= 15 is 0 Å². The van der Waals surface area contributed by atoms with E-state index in [0.29, 0.717) is 12.8 Å². The fourth-order valence-corrected chi connectivity index (χ4v) is 3.13. The minimum Gasteiger partial charge on any atom is -0.394 e. The molecule has 0 spiro atoms. The fourth-order valence-electron chi connectivity index (χ4n) is 3.13. The molecule has 1 unspecified atom stereocenters. The first-order valence-electron chi connectivity index (χ1n) is 7.43. The average molecular weight is 299 g/mol. The van der Waals surface area contributed by atoms with Crippen LogP contribution in [0.3, 0.4) is 0 Å². The number of rotatable bonds is 4. The Labute approximate surface area is 129 Å². The van der Waals surface area contributed by atoms with Gasteiger partial charge in [0.15, 0.2) is 0 Å². The molecule has 2 aromatic rings. The number of halogens is 1. The summed E-state index contributed by atoms with van der Waals surface area (Å²) >= 11 is 0. The van der Waals surface area contributed by atoms with E-state index in [4.69, 9.17) is 0 Å². The van der Waals surface area contributed by atoms with E-state index in [9.17, 15) is 14.3 Å². The summed E-state index contributed by atoms with van der Waals surface area (Å²) in [5, 5.41) is 9.81. The Morgan fingerprint density at radius 2 is 1.82 bits per heavy atom. The van der Waals surface area contributed by atoms with Crippen LogP contribution in [0.2, 0.25) is 0 Å². The zero-order valence-corrected chi connectivity index (χ0v) is 12.2. The number of hydrogen-bond donors (Lipinski definition) is 1. The molecule has 1 heterocycles. The quantitative estimate of drug-likeness (QED) is 0.941. The first kappa shape index (κ1) is 14.7. The van der Waals surface area contributed by atoms with Crippen molar-refractivity contribution in [3.63, 3.8) is 0 Å². The lowest BCUT2D eigenvalue weighted by atomic mass is 10.0. The third-order valence-electron chi connectivity index (χ3n) is 4.20. The molecule has 0 saturated carbocycles. The second kappa shape index (κ2) is 6.28. The van der Waals surface area contributed by atoms with E-state index < -0.39 is 0 Å². The predicted molar refractivity (Wildman–Crippen MR) is 81.5 cm³/mol. The SMILES string of the molecule is O=C1CCC(c2ccc(F)cc2)N1[C@@H](CO)c1ccccc1. The highest BCUT2D eigenvalue weighted by atomic mass is 19.1. The summed E-state index contributed by atoms with van der Waals surface area (Å²) in [6.07, 6.45) is 1.14. The molecule has 22 heavy (non-hydrogen) atoms. The van der Waals surface area contributed by atoms with Gasteiger partial charge in [0.25, 0.3) is 0 Å². The summed E-state index contributed by atoms with van der Waals surface area (Å²) in [6.45, 7) is -0.131. The number of aliphatic hydroxyl groups is 1. The molecule has 3 nitrogen and oxygen atoms in total. The van der Waals surface area contributed by atoms with E-state index in [1.807, 2.05) is 30.3 Å². The highest BCUT2D eigenvalue weighted by molar-refractivity contribution is 5.79. The third-order valence-corrected chi connectivity index (χ3v) is 4.20. The molecular formula is C18H18FNO2. The van der Waals surface area contributed by atoms with E-state index in [1.54, 1.807) is 17.0 Å². The van der Waals surface area contributed by atoms with Crippen molar-refractivity contribution in [2.75, 3.05) is 6.61 Å². The van der Waals surface area contributed by atoms with Crippen LogP contribution in [0.25, 0.3) is 0 Å². The minimum atomic E-state index is -0.369. The van der Waals surface area contributed by atoms with Gasteiger partial charge >= 0.3 is 0 Å². The number of likely N-dealkylation sites (tertiary alicyclic amines) is 1. The van der Waals surface area contributed by atoms with Gasteiger partial charge in [-0.2, -0.15) is 0 Å². The largest absolute Gasteiger partial charge is 0.394 e. The number of aliphatic hydroxyl groups excluding tert-OH is 1. The molecule has 0 aliphatic carbocycles. The first-order chi connectivity index (χ1) is 10.7. The van der Waals surface area contributed by atoms with E-state index in [-0.39, 0.29) is 30.4 Å². The van der Waals surface area contributed by atoms with Gasteiger partial charge in [-0.3, -0.25) is 4.79 Å². The summed E-state index contributed by atoms with van der Waals surface area (Å²) in [6, 6.07) is 15.3. The van der Waals surface area contributed by atoms with Gasteiger partial charge < -0.3 is 10.0 Å². The van der Waals surface area contributed by atoms with Crippen LogP contribution in [0.1, 0.15) is 36.1 Å². The van der Waals surface area contributed by atoms with Crippen molar-refractivity contribution in [2.45, 2.75) is 24.9 Å². The van der Waals surface area contributed by atoms with Crippen LogP contribution in [-0.4, -0.2) is 22.5 Å². The predicted octanol–water partition coefficient (Wildman–Crippen LogP) is 3.22. The maximum Gasteiger partial charge on any atom is 0.223 e. The lowest BCUT2D eigenvalue weighted by Gasteiger charge is -2.33. The zero-order valence-electron chi connectivity index (χ0n) is 12.2. The maximum atomic E-state index is 13.1. The number of carbonyl (C=O) groups excluding carboxylic acids is 1. The fraction of sp³-hybridized carbons (Fsp3) is 0.278. The molecule has 1 N–H and O–H groups in total. The van der Waals surface area contributed by atoms with Crippen LogP contribution in [0.5, 0.6) is 0 Å². The lowest BCUT2D eigenvalue weighted by molar-refractivity contribution is -0.132. The number of benzene rings is 2. The van der Waals surface area contributed by atoms with Gasteiger partial charge in [0.1, 0.15) is 5.82 Å². The van der Waals surface area contributed by atoms with Crippen molar-refractivity contribution in [2.24, 2.45) is 0 Å². The Hall–Kier alpha value is -2.20. The molecule has 114 valence electrons. The molecular weight excluding hydrogens is 281 g/mol. The highest BCUT2D eigenvalue weighted by Gasteiger charge is 2.37. The van der Waals surface area contributed by atoms with E-state index in [2.05, 4.69) is 0 Å². The van der Waals surface area contributed by atoms with Crippen molar-refractivity contribution in [1.29, 1.82) is 0 Å². The summed E-state index contributed by atoms with van der Waals surface area (Å²) < 4.78 is 13.1. The standard InChI is InChI=1S/C18H18FNO2/c19-15-8-6-14(7-9-15)16-10-11-18(22)20(16)17(12-21)13-4-2-1-3-5-13/h1-9,16-17,21H,10-12H2/t16?,17-/m0/s1. The Morgan fingerprint density at radius 3 is 2.45 bits per heavy atom. The summed E-state index contributed by atoms with van der Waals surface area (Å²) in [4.78, 5) is 14.1. The van der Waals surface area contributed by atoms with Crippen LogP contribution in [-0.2, 0) is 4.79 Å². The zero-order chi connectivity index (χ0) is 15.5. The van der Waals surface area contributed by atoms with E-state index in [1.165, 1.54) is 12.1 Å². The monoisotopic (exact) mass is 299 g/mol. The Kier molecular flexibility index (Phi) is 4.20. The van der Waals surface area contributed by atoms with Crippen LogP contribution < -0.4 is 0 Å². The van der Waals surface area contributed by atoms with E-state index in [0.717, 1.165) is 11.1 Å². The van der Waals surface area contributed by atoms with Gasteiger partial charge in [-0.05, 0) is 29.7 Å². The van der Waals surface area contributed by atoms with Crippen molar-refractivity contribution in [3.8, 4) is 0 Å². The highest BCUT2D eigenvalue weighted by Crippen LogP contribution is 2.39. The molecule has 1 fully saturated rings. The Bertz CT molecular complexity index is 642. The molecule has 1 saturated heterocycles. The number of carbonyl (C=O) groups is 1. The first-order valence-corrected chi connectivity index (χ1v) is 7.43. The minimum absolute atomic E-state index is 0.0252. The Balaban J connectivity index is 1.94. The van der Waals surface area contributed by atoms with Crippen molar-refractivity contribution in [1.82, 2.24) is 4.90 Å². The summed E-state index contributed by atoms with van der Waals surface area (Å²) in [5.41, 5.74) is 1.81. The maximum absolute atomic E-state index is 13.1. The van der Waals surface area contributed by atoms with Gasteiger partial charge in [-0.1, -0.05) is 42.5 Å². The van der Waals surface area contributed by atoms with Gasteiger partial charge in [-0.25, -0.2) is 4.39 Å². The second-order valence-electron chi connectivity index (χ2n) is 5.52. The number of amides is 1. The van der Waals surface area contributed by atoms with Gasteiger partial charge in [0.05, 0.1) is 18.7 Å². The second-order valence-corrected chi connectivity index (χ2v) is 5.52. The molecule has 4 heteroatoms. The van der Waals surface area contributed by atoms with Gasteiger partial charge in [-0.15, -0.1) is 0 Å². The van der Waals surface area contributed by atoms with Crippen LogP contribution >= 0.6 is 0 Å². The molecule has 3 rings (SSSR count). The lowest BCUT2D eigenvalue weighted by Crippen LogP contribution is -2.34. The topological polar surface area (TPSA) is 40.5 Å². The molecule has 1 aliphatic heterocycles. The molecule has 1 aliphatic rings. The average Bonchev–Trinajstić information content (AvgIpc) is 2.92. The summed E-state index contributed by atoms with van der Waals surface area (Å²) in [5.74, 6) is -0.265. The van der Waals surface area contributed by atoms with Crippen LogP contribution in [0.4, 0.5) is 4.39 Å². The molecule has 0 radical (unpaired) electrons. The molecule has 1 amide bonds. The van der Waals surface area contributed by atoms with Crippen molar-refractivity contribution >= 4 is 5.91 Å². The van der Waals surface area contributed by atoms with Crippen LogP contribution in [0.15, 0.2) is 54.6 Å². The Morgan fingerprint density at radius 1 is 1.14 bits per heavy atom. The molecule has 0 aromatic heterocycles. The van der Waals surface area contributed by atoms with Crippen molar-refractivity contribution < 1.29 is 14.3 Å². The number of nitrogens with zero attached hydrogens (tertiary/aromatic N) is 1. The molecule has 2 atom stereocenters. The molecule has 0 bridgehead atoms. The van der Waals surface area contributed by atoms with Crippen molar-refractivity contribution in [3.05, 3.63) is 71.5 Å². The van der Waals surface area contributed by atoms with Gasteiger partial charge in [0, 0.05) is 6.42 Å². The van der Waals surface area contributed by atoms with Gasteiger partial charge in [0.2, 0.25) is 5.91 Å². The molecule has 2 aromatic carbocycles. The smallest absolute Gasteiger partial charge is 0.223 e. The third kappa shape index (κ3) is 2.74. The normalized spacial score (nSPS) is 19.5. The number of hydrogen-bond acceptors (Lipinski definition) is 2. The van der Waals surface area contributed by atoms with Crippen LogP contribution in [0, 0.1) is 5.82 Å².